The van der Waals surface area contributed by atoms with Crippen molar-refractivity contribution in [3.8, 4) is 0 Å². The summed E-state index contributed by atoms with van der Waals surface area (Å²) in [7, 11) is 0. The third-order valence-corrected chi connectivity index (χ3v) is 6.37. The molecule has 3 rings (SSSR count). The number of hydrogen-bond acceptors (Lipinski definition) is 1. The lowest BCUT2D eigenvalue weighted by Gasteiger charge is -2.21. The topological polar surface area (TPSA) is 0 Å². The molecule has 0 aliphatic heterocycles. The van der Waals surface area contributed by atoms with Gasteiger partial charge in [-0.05, 0) is 54.9 Å². The Kier molecular flexibility index (Phi) is 4.30. The number of alkyl halides is 1. The second-order valence-electron chi connectivity index (χ2n) is 5.16. The van der Waals surface area contributed by atoms with Crippen LogP contribution < -0.4 is 0 Å². The van der Waals surface area contributed by atoms with Gasteiger partial charge in [0.05, 0.1) is 4.34 Å². The Morgan fingerprint density at radius 1 is 1.21 bits per heavy atom. The predicted octanol–water partition coefficient (Wildman–Crippen LogP) is 6.03. The molecule has 3 heteroatoms. The summed E-state index contributed by atoms with van der Waals surface area (Å²) in [5.74, 6) is 0.665. The summed E-state index contributed by atoms with van der Waals surface area (Å²) in [4.78, 5) is 1.87. The average Bonchev–Trinajstić information content (AvgIpc) is 2.75. The van der Waals surface area contributed by atoms with Crippen LogP contribution in [0.1, 0.15) is 33.7 Å². The highest BCUT2D eigenvalue weighted by Crippen LogP contribution is 2.41. The normalized spacial score (nSPS) is 22.8. The van der Waals surface area contributed by atoms with Crippen molar-refractivity contribution in [1.82, 2.24) is 0 Å². The van der Waals surface area contributed by atoms with Gasteiger partial charge in [0.15, 0.2) is 0 Å². The molecule has 0 saturated heterocycles. The maximum absolute atomic E-state index is 6.03. The van der Waals surface area contributed by atoms with Crippen LogP contribution in [0, 0.1) is 5.92 Å². The van der Waals surface area contributed by atoms with E-state index in [-0.39, 0.29) is 0 Å². The van der Waals surface area contributed by atoms with E-state index < -0.39 is 0 Å². The van der Waals surface area contributed by atoms with Crippen LogP contribution in [-0.4, -0.2) is 0 Å². The van der Waals surface area contributed by atoms with Crippen LogP contribution in [0.3, 0.4) is 0 Å². The van der Waals surface area contributed by atoms with Gasteiger partial charge in [-0.2, -0.15) is 0 Å². The van der Waals surface area contributed by atoms with Crippen molar-refractivity contribution in [3.05, 3.63) is 56.7 Å². The molecule has 1 aromatic carbocycles. The minimum absolute atomic E-state index is 0.465. The van der Waals surface area contributed by atoms with Gasteiger partial charge in [-0.3, -0.25) is 0 Å². The van der Waals surface area contributed by atoms with Gasteiger partial charge in [0, 0.05) is 9.70 Å². The molecule has 1 aliphatic rings. The van der Waals surface area contributed by atoms with Gasteiger partial charge in [-0.1, -0.05) is 51.8 Å². The monoisotopic (exact) mass is 354 g/mol. The third-order valence-electron chi connectivity index (χ3n) is 3.88. The zero-order valence-electron chi connectivity index (χ0n) is 10.6. The van der Waals surface area contributed by atoms with Crippen molar-refractivity contribution in [3.63, 3.8) is 0 Å². The maximum Gasteiger partial charge on any atom is 0.0931 e. The number of hydrogen-bond donors (Lipinski definition) is 0. The van der Waals surface area contributed by atoms with E-state index in [4.69, 9.17) is 11.6 Å². The molecule has 0 spiro atoms. The zero-order chi connectivity index (χ0) is 13.2. The zero-order valence-corrected chi connectivity index (χ0v) is 13.8. The van der Waals surface area contributed by atoms with Crippen LogP contribution in [0.2, 0.25) is 4.34 Å². The van der Waals surface area contributed by atoms with Crippen LogP contribution in [0.15, 0.2) is 36.4 Å². The van der Waals surface area contributed by atoms with Crippen LogP contribution in [0.5, 0.6) is 0 Å². The Hall–Kier alpha value is -0.310. The third kappa shape index (κ3) is 3.07. The first-order valence-corrected chi connectivity index (χ1v) is 8.81. The first-order chi connectivity index (χ1) is 9.24. The molecule has 0 radical (unpaired) electrons. The van der Waals surface area contributed by atoms with Crippen molar-refractivity contribution in [2.24, 2.45) is 5.92 Å². The summed E-state index contributed by atoms with van der Waals surface area (Å²) in [6.07, 6.45) is 4.89. The van der Waals surface area contributed by atoms with Crippen molar-refractivity contribution >= 4 is 38.9 Å². The fraction of sp³-hybridized carbons (Fsp3) is 0.375. The van der Waals surface area contributed by atoms with Crippen LogP contribution in [-0.2, 0) is 12.8 Å². The molecule has 1 aliphatic carbocycles. The Morgan fingerprint density at radius 3 is 2.84 bits per heavy atom. The summed E-state index contributed by atoms with van der Waals surface area (Å²) in [5, 5.41) is 0. The minimum Gasteiger partial charge on any atom is -0.128 e. The number of fused-ring (bicyclic) bond motifs is 1. The summed E-state index contributed by atoms with van der Waals surface area (Å²) in [5.41, 5.74) is 2.99. The quantitative estimate of drug-likeness (QED) is 0.455. The molecule has 2 atom stereocenters. The van der Waals surface area contributed by atoms with Crippen LogP contribution in [0.4, 0.5) is 0 Å². The Labute approximate surface area is 131 Å². The number of thiophene rings is 1. The molecule has 0 nitrogen and oxygen atoms in total. The highest BCUT2D eigenvalue weighted by atomic mass is 79.9. The summed E-state index contributed by atoms with van der Waals surface area (Å²) in [6.45, 7) is 0. The lowest BCUT2D eigenvalue weighted by molar-refractivity contribution is 0.478. The molecule has 0 saturated carbocycles. The molecule has 0 bridgehead atoms. The van der Waals surface area contributed by atoms with Gasteiger partial charge in [0.2, 0.25) is 0 Å². The predicted molar refractivity (Wildman–Crippen MR) is 87.6 cm³/mol. The highest BCUT2D eigenvalue weighted by Gasteiger charge is 2.25. The fourth-order valence-corrected chi connectivity index (χ4v) is 4.99. The first kappa shape index (κ1) is 13.7. The summed E-state index contributed by atoms with van der Waals surface area (Å²) in [6, 6.07) is 13.0. The number of aryl methyl sites for hydroxylation is 1. The van der Waals surface area contributed by atoms with E-state index in [0.29, 0.717) is 10.7 Å². The van der Waals surface area contributed by atoms with Gasteiger partial charge in [-0.15, -0.1) is 11.3 Å². The molecule has 100 valence electrons. The van der Waals surface area contributed by atoms with Crippen molar-refractivity contribution in [2.45, 2.75) is 30.5 Å². The van der Waals surface area contributed by atoms with E-state index in [9.17, 15) is 0 Å². The molecule has 19 heavy (non-hydrogen) atoms. The van der Waals surface area contributed by atoms with Crippen molar-refractivity contribution in [1.29, 1.82) is 0 Å². The standard InChI is InChI=1S/C16H16BrClS/c17-16-12(10-13-8-9-15(18)19-13)6-3-5-11-4-1-2-7-14(11)16/h1-2,4,7-9,12,16H,3,5-6,10H2. The summed E-state index contributed by atoms with van der Waals surface area (Å²) < 4.78 is 0.898. The van der Waals surface area contributed by atoms with Gasteiger partial charge < -0.3 is 0 Å². The van der Waals surface area contributed by atoms with E-state index in [1.54, 1.807) is 11.3 Å². The summed E-state index contributed by atoms with van der Waals surface area (Å²) >= 11 is 11.7. The second kappa shape index (κ2) is 5.99. The minimum atomic E-state index is 0.465. The Morgan fingerprint density at radius 2 is 2.05 bits per heavy atom. The molecule has 0 amide bonds. The van der Waals surface area contributed by atoms with Crippen molar-refractivity contribution in [2.75, 3.05) is 0 Å². The van der Waals surface area contributed by atoms with Gasteiger partial charge in [0.1, 0.15) is 0 Å². The maximum atomic E-state index is 6.03. The molecular formula is C16H16BrClS. The van der Waals surface area contributed by atoms with E-state index in [1.165, 1.54) is 35.3 Å². The lowest BCUT2D eigenvalue weighted by atomic mass is 9.93. The van der Waals surface area contributed by atoms with Crippen molar-refractivity contribution < 1.29 is 0 Å². The molecule has 1 heterocycles. The average molecular weight is 356 g/mol. The molecule has 0 N–H and O–H groups in total. The van der Waals surface area contributed by atoms with E-state index in [2.05, 4.69) is 46.3 Å². The van der Waals surface area contributed by atoms with Gasteiger partial charge in [0.25, 0.3) is 0 Å². The van der Waals surface area contributed by atoms with E-state index in [1.807, 2.05) is 6.07 Å². The Balaban J connectivity index is 1.83. The van der Waals surface area contributed by atoms with E-state index in [0.717, 1.165) is 10.8 Å². The highest BCUT2D eigenvalue weighted by molar-refractivity contribution is 9.09. The van der Waals surface area contributed by atoms with Crippen LogP contribution in [0.25, 0.3) is 0 Å². The number of benzene rings is 1. The molecular weight excluding hydrogens is 340 g/mol. The molecule has 2 aromatic rings. The molecule has 1 aromatic heterocycles. The number of rotatable bonds is 2. The van der Waals surface area contributed by atoms with Crippen LogP contribution >= 0.6 is 38.9 Å². The number of halogens is 2. The van der Waals surface area contributed by atoms with E-state index >= 15 is 0 Å². The second-order valence-corrected chi connectivity index (χ2v) is 7.95. The largest absolute Gasteiger partial charge is 0.128 e. The Bertz CT molecular complexity index is 563. The van der Waals surface area contributed by atoms with Gasteiger partial charge >= 0.3 is 0 Å². The SMILES string of the molecule is Clc1ccc(CC2CCCc3ccccc3C2Br)s1. The smallest absolute Gasteiger partial charge is 0.0931 e. The molecule has 0 fully saturated rings. The van der Waals surface area contributed by atoms with Gasteiger partial charge in [-0.25, -0.2) is 0 Å². The molecule has 2 unspecified atom stereocenters. The lowest BCUT2D eigenvalue weighted by Crippen LogP contribution is -2.09. The fourth-order valence-electron chi connectivity index (χ4n) is 2.91. The first-order valence-electron chi connectivity index (χ1n) is 6.70.